The Morgan fingerprint density at radius 2 is 1.64 bits per heavy atom. The van der Waals surface area contributed by atoms with Crippen LogP contribution in [0.5, 0.6) is 11.5 Å². The number of amides is 2. The number of benzene rings is 2. The monoisotopic (exact) mass is 402 g/mol. The molecule has 2 rings (SSSR count). The SMILES string of the molecule is COc1ccc(SC(C)C(=O)Nc2ccccc2C(=O)NC(C)C)cc1OC. The summed E-state index contributed by atoms with van der Waals surface area (Å²) in [6.07, 6.45) is 0. The molecule has 1 atom stereocenters. The molecule has 2 N–H and O–H groups in total. The second-order valence-electron chi connectivity index (χ2n) is 6.44. The largest absolute Gasteiger partial charge is 0.493 e. The van der Waals surface area contributed by atoms with Crippen molar-refractivity contribution in [3.63, 3.8) is 0 Å². The van der Waals surface area contributed by atoms with Crippen LogP contribution in [0.15, 0.2) is 47.4 Å². The molecule has 0 aromatic heterocycles. The van der Waals surface area contributed by atoms with Gasteiger partial charge in [-0.1, -0.05) is 12.1 Å². The molecule has 0 fully saturated rings. The summed E-state index contributed by atoms with van der Waals surface area (Å²) >= 11 is 1.40. The van der Waals surface area contributed by atoms with Crippen LogP contribution in [-0.4, -0.2) is 37.3 Å². The van der Waals surface area contributed by atoms with Crippen molar-refractivity contribution < 1.29 is 19.1 Å². The molecule has 0 aliphatic rings. The average Bonchev–Trinajstić information content (AvgIpc) is 2.67. The van der Waals surface area contributed by atoms with Crippen molar-refractivity contribution in [3.05, 3.63) is 48.0 Å². The third-order valence-corrected chi connectivity index (χ3v) is 4.98. The molecule has 28 heavy (non-hydrogen) atoms. The summed E-state index contributed by atoms with van der Waals surface area (Å²) in [5, 5.41) is 5.33. The third kappa shape index (κ3) is 5.66. The van der Waals surface area contributed by atoms with E-state index >= 15 is 0 Å². The van der Waals surface area contributed by atoms with Gasteiger partial charge in [-0.2, -0.15) is 0 Å². The van der Waals surface area contributed by atoms with E-state index in [0.29, 0.717) is 22.7 Å². The number of para-hydroxylation sites is 1. The maximum atomic E-state index is 12.7. The molecular formula is C21H26N2O4S. The Balaban J connectivity index is 2.10. The van der Waals surface area contributed by atoms with E-state index in [1.165, 1.54) is 11.8 Å². The molecular weight excluding hydrogens is 376 g/mol. The Labute approximate surface area is 170 Å². The lowest BCUT2D eigenvalue weighted by Gasteiger charge is -2.16. The van der Waals surface area contributed by atoms with E-state index in [1.54, 1.807) is 44.6 Å². The molecule has 7 heteroatoms. The van der Waals surface area contributed by atoms with Gasteiger partial charge >= 0.3 is 0 Å². The minimum atomic E-state index is -0.376. The normalized spacial score (nSPS) is 11.6. The zero-order valence-corrected chi connectivity index (χ0v) is 17.6. The molecule has 2 aromatic carbocycles. The Morgan fingerprint density at radius 1 is 0.964 bits per heavy atom. The highest BCUT2D eigenvalue weighted by Gasteiger charge is 2.19. The number of nitrogens with one attached hydrogen (secondary N) is 2. The van der Waals surface area contributed by atoms with Crippen LogP contribution in [0.3, 0.4) is 0 Å². The van der Waals surface area contributed by atoms with Crippen molar-refractivity contribution in [1.82, 2.24) is 5.32 Å². The molecule has 1 unspecified atom stereocenters. The lowest BCUT2D eigenvalue weighted by molar-refractivity contribution is -0.115. The van der Waals surface area contributed by atoms with Gasteiger partial charge in [0.15, 0.2) is 11.5 Å². The van der Waals surface area contributed by atoms with E-state index < -0.39 is 0 Å². The first-order valence-electron chi connectivity index (χ1n) is 8.95. The fourth-order valence-electron chi connectivity index (χ4n) is 2.51. The summed E-state index contributed by atoms with van der Waals surface area (Å²) < 4.78 is 10.5. The Bertz CT molecular complexity index is 839. The van der Waals surface area contributed by atoms with Gasteiger partial charge < -0.3 is 20.1 Å². The average molecular weight is 403 g/mol. The van der Waals surface area contributed by atoms with Crippen LogP contribution in [0.4, 0.5) is 5.69 Å². The highest BCUT2D eigenvalue weighted by Crippen LogP contribution is 2.33. The van der Waals surface area contributed by atoms with Crippen LogP contribution in [0.1, 0.15) is 31.1 Å². The molecule has 0 spiro atoms. The van der Waals surface area contributed by atoms with E-state index in [4.69, 9.17) is 9.47 Å². The predicted octanol–water partition coefficient (Wildman–Crippen LogP) is 3.96. The van der Waals surface area contributed by atoms with E-state index in [-0.39, 0.29) is 23.1 Å². The summed E-state index contributed by atoms with van der Waals surface area (Å²) in [6, 6.07) is 12.5. The lowest BCUT2D eigenvalue weighted by Crippen LogP contribution is -2.31. The molecule has 2 aromatic rings. The highest BCUT2D eigenvalue weighted by atomic mass is 32.2. The van der Waals surface area contributed by atoms with E-state index in [1.807, 2.05) is 32.9 Å². The highest BCUT2D eigenvalue weighted by molar-refractivity contribution is 8.00. The molecule has 0 heterocycles. The Kier molecular flexibility index (Phi) is 7.75. The number of carbonyl (C=O) groups excluding carboxylic acids is 2. The van der Waals surface area contributed by atoms with Crippen molar-refractivity contribution in [1.29, 1.82) is 0 Å². The number of anilines is 1. The molecule has 150 valence electrons. The van der Waals surface area contributed by atoms with Crippen molar-refractivity contribution in [2.24, 2.45) is 0 Å². The second kappa shape index (κ2) is 10.0. The number of hydrogen-bond donors (Lipinski definition) is 2. The first kappa shape index (κ1) is 21.6. The van der Waals surface area contributed by atoms with Crippen LogP contribution >= 0.6 is 11.8 Å². The Morgan fingerprint density at radius 3 is 2.29 bits per heavy atom. The Hall–Kier alpha value is -2.67. The van der Waals surface area contributed by atoms with E-state index in [9.17, 15) is 9.59 Å². The van der Waals surface area contributed by atoms with Crippen molar-refractivity contribution >= 4 is 29.3 Å². The molecule has 0 saturated heterocycles. The fraction of sp³-hybridized carbons (Fsp3) is 0.333. The van der Waals surface area contributed by atoms with Crippen LogP contribution < -0.4 is 20.1 Å². The smallest absolute Gasteiger partial charge is 0.253 e. The lowest BCUT2D eigenvalue weighted by atomic mass is 10.1. The third-order valence-electron chi connectivity index (χ3n) is 3.89. The van der Waals surface area contributed by atoms with E-state index in [2.05, 4.69) is 10.6 Å². The summed E-state index contributed by atoms with van der Waals surface area (Å²) in [5.74, 6) is 0.834. The number of rotatable bonds is 8. The standard InChI is InChI=1S/C21H26N2O4S/c1-13(2)22-21(25)16-8-6-7-9-17(16)23-20(24)14(3)28-15-10-11-18(26-4)19(12-15)27-5/h6-14H,1-5H3,(H,22,25)(H,23,24). The quantitative estimate of drug-likeness (QED) is 0.654. The van der Waals surface area contributed by atoms with Gasteiger partial charge in [0.25, 0.3) is 5.91 Å². The number of hydrogen-bond acceptors (Lipinski definition) is 5. The molecule has 2 amide bonds. The molecule has 0 radical (unpaired) electrons. The van der Waals surface area contributed by atoms with Gasteiger partial charge in [-0.3, -0.25) is 9.59 Å². The van der Waals surface area contributed by atoms with Crippen LogP contribution in [0.25, 0.3) is 0 Å². The zero-order chi connectivity index (χ0) is 20.7. The summed E-state index contributed by atoms with van der Waals surface area (Å²) in [6.45, 7) is 5.59. The molecule has 0 saturated carbocycles. The summed E-state index contributed by atoms with van der Waals surface area (Å²) in [4.78, 5) is 25.9. The van der Waals surface area contributed by atoms with Gasteiger partial charge in [-0.25, -0.2) is 0 Å². The number of thioether (sulfide) groups is 1. The first-order valence-corrected chi connectivity index (χ1v) is 9.83. The second-order valence-corrected chi connectivity index (χ2v) is 7.85. The molecule has 6 nitrogen and oxygen atoms in total. The van der Waals surface area contributed by atoms with Gasteiger partial charge in [0.1, 0.15) is 0 Å². The molecule has 0 bridgehead atoms. The molecule has 0 aliphatic carbocycles. The number of carbonyl (C=O) groups is 2. The minimum absolute atomic E-state index is 0.00999. The van der Waals surface area contributed by atoms with Gasteiger partial charge in [0.05, 0.1) is 30.7 Å². The van der Waals surface area contributed by atoms with Gasteiger partial charge in [-0.05, 0) is 51.1 Å². The van der Waals surface area contributed by atoms with Crippen molar-refractivity contribution in [3.8, 4) is 11.5 Å². The summed E-state index contributed by atoms with van der Waals surface area (Å²) in [7, 11) is 3.15. The van der Waals surface area contributed by atoms with Gasteiger partial charge in [0, 0.05) is 10.9 Å². The topological polar surface area (TPSA) is 76.7 Å². The van der Waals surface area contributed by atoms with Gasteiger partial charge in [-0.15, -0.1) is 11.8 Å². The fourth-order valence-corrected chi connectivity index (χ4v) is 3.41. The van der Waals surface area contributed by atoms with Gasteiger partial charge in [0.2, 0.25) is 5.91 Å². The van der Waals surface area contributed by atoms with Crippen molar-refractivity contribution in [2.45, 2.75) is 37.0 Å². The number of ether oxygens (including phenoxy) is 2. The predicted molar refractivity (Wildman–Crippen MR) is 113 cm³/mol. The maximum absolute atomic E-state index is 12.7. The summed E-state index contributed by atoms with van der Waals surface area (Å²) in [5.41, 5.74) is 0.929. The minimum Gasteiger partial charge on any atom is -0.493 e. The maximum Gasteiger partial charge on any atom is 0.253 e. The first-order chi connectivity index (χ1) is 13.3. The van der Waals surface area contributed by atoms with Crippen LogP contribution in [0.2, 0.25) is 0 Å². The van der Waals surface area contributed by atoms with Crippen LogP contribution in [0, 0.1) is 0 Å². The molecule has 0 aliphatic heterocycles. The zero-order valence-electron chi connectivity index (χ0n) is 16.7. The van der Waals surface area contributed by atoms with Crippen molar-refractivity contribution in [2.75, 3.05) is 19.5 Å². The number of methoxy groups -OCH3 is 2. The van der Waals surface area contributed by atoms with E-state index in [0.717, 1.165) is 4.90 Å². The van der Waals surface area contributed by atoms with Crippen LogP contribution in [-0.2, 0) is 4.79 Å².